The molecule has 0 atom stereocenters. The predicted molar refractivity (Wildman–Crippen MR) is 275 cm³/mol. The first-order chi connectivity index (χ1) is 32.5. The van der Waals surface area contributed by atoms with Crippen molar-refractivity contribution in [1.29, 1.82) is 0 Å². The summed E-state index contributed by atoms with van der Waals surface area (Å²) in [6, 6.07) is 90.1. The van der Waals surface area contributed by atoms with Crippen molar-refractivity contribution in [1.82, 2.24) is 0 Å². The fraction of sp³-hybridized carbons (Fsp3) is 0.0625. The van der Waals surface area contributed by atoms with Crippen LogP contribution in [0.1, 0.15) is 47.2 Å². The third kappa shape index (κ3) is 5.36. The minimum Gasteiger partial charge on any atom is -0.310 e. The molecule has 1 spiro atoms. The molecule has 0 saturated carbocycles. The molecule has 10 aromatic carbocycles. The smallest absolute Gasteiger partial charge is 0.0760 e. The van der Waals surface area contributed by atoms with Gasteiger partial charge in [0, 0.05) is 22.4 Å². The molecule has 0 saturated heterocycles. The number of hydrogen-bond donors (Lipinski definition) is 0. The Morgan fingerprint density at radius 2 is 0.788 bits per heavy atom. The fourth-order valence-electron chi connectivity index (χ4n) is 12.0. The normalized spacial score (nSPS) is 14.1. The van der Waals surface area contributed by atoms with Gasteiger partial charge in [-0.15, -0.1) is 0 Å². The summed E-state index contributed by atoms with van der Waals surface area (Å²) in [6.45, 7) is 4.79. The van der Waals surface area contributed by atoms with Crippen molar-refractivity contribution in [3.8, 4) is 44.5 Å². The molecule has 13 rings (SSSR count). The molecule has 0 unspecified atom stereocenters. The lowest BCUT2D eigenvalue weighted by Gasteiger charge is -2.45. The number of rotatable bonds is 6. The molecular weight excluding hydrogens is 797 g/mol. The lowest BCUT2D eigenvalue weighted by molar-refractivity contribution is 0.661. The Labute approximate surface area is 387 Å². The predicted octanol–water partition coefficient (Wildman–Crippen LogP) is 16.9. The zero-order valence-corrected chi connectivity index (χ0v) is 37.0. The Balaban J connectivity index is 1.11. The standard InChI is InChI=1S/C64H46N2/c1-63(2)53-34-12-9-28-47(53)51-33-21-41-60(62(51)63)66(46-27-19-24-44(42-46)43-22-5-3-6-23-43)57-38-16-11-30-49(57)52-32-20-31-50-48-29-10-13-35-54(48)64(61(50)52)55-36-14-17-39-58(55)65(45-25-7-4-8-26-45)59-40-18-15-37-56(59)64/h3-42H,1-2H3. The van der Waals surface area contributed by atoms with Gasteiger partial charge in [-0.1, -0.05) is 208 Å². The van der Waals surface area contributed by atoms with Crippen molar-refractivity contribution in [2.24, 2.45) is 0 Å². The minimum atomic E-state index is -0.621. The van der Waals surface area contributed by atoms with E-state index in [1.165, 1.54) is 95.0 Å². The summed E-state index contributed by atoms with van der Waals surface area (Å²) in [5, 5.41) is 0. The van der Waals surface area contributed by atoms with Crippen molar-refractivity contribution in [2.45, 2.75) is 24.7 Å². The Morgan fingerprint density at radius 3 is 1.48 bits per heavy atom. The lowest BCUT2D eigenvalue weighted by atomic mass is 9.63. The van der Waals surface area contributed by atoms with E-state index in [0.29, 0.717) is 0 Å². The van der Waals surface area contributed by atoms with E-state index in [1.54, 1.807) is 0 Å². The first kappa shape index (κ1) is 38.3. The summed E-state index contributed by atoms with van der Waals surface area (Å²) in [5.41, 5.74) is 23.9. The largest absolute Gasteiger partial charge is 0.310 e. The topological polar surface area (TPSA) is 6.48 Å². The zero-order valence-electron chi connectivity index (χ0n) is 37.0. The average Bonchev–Trinajstić information content (AvgIpc) is 3.81. The Kier molecular flexibility index (Phi) is 8.51. The molecule has 10 aromatic rings. The second-order valence-electron chi connectivity index (χ2n) is 18.4. The maximum absolute atomic E-state index is 2.56. The molecule has 2 heteroatoms. The summed E-state index contributed by atoms with van der Waals surface area (Å²) in [5.74, 6) is 0. The van der Waals surface area contributed by atoms with E-state index in [4.69, 9.17) is 0 Å². The SMILES string of the molecule is CC1(C)c2ccccc2-c2cccc(N(c3cccc(-c4ccccc4)c3)c3ccccc3-c3cccc4c3C3(c5ccccc5-4)c4ccccc4N(c4ccccc4)c4ccccc43)c21. The van der Waals surface area contributed by atoms with Gasteiger partial charge < -0.3 is 9.80 Å². The van der Waals surface area contributed by atoms with Gasteiger partial charge in [-0.3, -0.25) is 0 Å². The van der Waals surface area contributed by atoms with Crippen LogP contribution in [-0.4, -0.2) is 0 Å². The first-order valence-corrected chi connectivity index (χ1v) is 23.1. The van der Waals surface area contributed by atoms with Crippen LogP contribution in [0, 0.1) is 0 Å². The Morgan fingerprint density at radius 1 is 0.333 bits per heavy atom. The molecule has 0 N–H and O–H groups in total. The van der Waals surface area contributed by atoms with E-state index in [-0.39, 0.29) is 5.41 Å². The molecule has 0 aromatic heterocycles. The van der Waals surface area contributed by atoms with E-state index < -0.39 is 5.41 Å². The van der Waals surface area contributed by atoms with Gasteiger partial charge in [-0.25, -0.2) is 0 Å². The van der Waals surface area contributed by atoms with E-state index in [0.717, 1.165) is 17.1 Å². The van der Waals surface area contributed by atoms with Crippen LogP contribution in [0.25, 0.3) is 44.5 Å². The number of para-hydroxylation sites is 4. The highest BCUT2D eigenvalue weighted by molar-refractivity contribution is 6.02. The van der Waals surface area contributed by atoms with Crippen LogP contribution in [0.3, 0.4) is 0 Å². The molecule has 2 aliphatic carbocycles. The summed E-state index contributed by atoms with van der Waals surface area (Å²) in [6.07, 6.45) is 0. The number of nitrogens with zero attached hydrogens (tertiary/aromatic N) is 2. The highest BCUT2D eigenvalue weighted by Crippen LogP contribution is 2.65. The molecule has 312 valence electrons. The van der Waals surface area contributed by atoms with Crippen LogP contribution < -0.4 is 9.80 Å². The van der Waals surface area contributed by atoms with Gasteiger partial charge in [-0.2, -0.15) is 0 Å². The summed E-state index contributed by atoms with van der Waals surface area (Å²) >= 11 is 0. The molecule has 66 heavy (non-hydrogen) atoms. The van der Waals surface area contributed by atoms with Crippen LogP contribution in [0.4, 0.5) is 34.1 Å². The molecule has 0 fully saturated rings. The molecule has 3 aliphatic rings. The average molecular weight is 843 g/mol. The fourth-order valence-corrected chi connectivity index (χ4v) is 12.0. The van der Waals surface area contributed by atoms with Gasteiger partial charge in [0.25, 0.3) is 0 Å². The Bertz CT molecular complexity index is 3480. The first-order valence-electron chi connectivity index (χ1n) is 23.1. The Hall–Kier alpha value is -8.20. The second kappa shape index (κ2) is 14.7. The van der Waals surface area contributed by atoms with Gasteiger partial charge in [0.1, 0.15) is 0 Å². The highest BCUT2D eigenvalue weighted by Gasteiger charge is 2.53. The molecule has 0 amide bonds. The van der Waals surface area contributed by atoms with Gasteiger partial charge in [0.05, 0.1) is 28.2 Å². The summed E-state index contributed by atoms with van der Waals surface area (Å²) in [7, 11) is 0. The van der Waals surface area contributed by atoms with Gasteiger partial charge in [0.2, 0.25) is 0 Å². The monoisotopic (exact) mass is 842 g/mol. The van der Waals surface area contributed by atoms with Gasteiger partial charge in [0.15, 0.2) is 0 Å². The van der Waals surface area contributed by atoms with E-state index >= 15 is 0 Å². The van der Waals surface area contributed by atoms with Crippen molar-refractivity contribution in [2.75, 3.05) is 9.80 Å². The third-order valence-corrected chi connectivity index (χ3v) is 14.6. The molecule has 0 radical (unpaired) electrons. The number of hydrogen-bond acceptors (Lipinski definition) is 2. The van der Waals surface area contributed by atoms with Crippen LogP contribution >= 0.6 is 0 Å². The van der Waals surface area contributed by atoms with Crippen molar-refractivity contribution in [3.05, 3.63) is 276 Å². The lowest BCUT2D eigenvalue weighted by Crippen LogP contribution is -2.36. The van der Waals surface area contributed by atoms with Crippen molar-refractivity contribution < 1.29 is 0 Å². The maximum Gasteiger partial charge on any atom is 0.0760 e. The zero-order chi connectivity index (χ0) is 44.0. The van der Waals surface area contributed by atoms with Crippen LogP contribution in [0.2, 0.25) is 0 Å². The quantitative estimate of drug-likeness (QED) is 0.165. The van der Waals surface area contributed by atoms with Crippen LogP contribution in [-0.2, 0) is 10.8 Å². The number of benzene rings is 10. The third-order valence-electron chi connectivity index (χ3n) is 14.6. The molecule has 0 bridgehead atoms. The van der Waals surface area contributed by atoms with Crippen molar-refractivity contribution in [3.63, 3.8) is 0 Å². The summed E-state index contributed by atoms with van der Waals surface area (Å²) < 4.78 is 0. The number of fused-ring (bicyclic) bond motifs is 12. The van der Waals surface area contributed by atoms with Crippen LogP contribution in [0.5, 0.6) is 0 Å². The van der Waals surface area contributed by atoms with E-state index in [1.807, 2.05) is 0 Å². The van der Waals surface area contributed by atoms with E-state index in [2.05, 4.69) is 266 Å². The molecule has 1 aliphatic heterocycles. The summed E-state index contributed by atoms with van der Waals surface area (Å²) in [4.78, 5) is 5.02. The van der Waals surface area contributed by atoms with Crippen LogP contribution in [0.15, 0.2) is 243 Å². The van der Waals surface area contributed by atoms with Gasteiger partial charge in [-0.05, 0) is 121 Å². The van der Waals surface area contributed by atoms with E-state index in [9.17, 15) is 0 Å². The number of anilines is 6. The maximum atomic E-state index is 2.56. The molecular formula is C64H46N2. The van der Waals surface area contributed by atoms with Gasteiger partial charge >= 0.3 is 0 Å². The minimum absolute atomic E-state index is 0.243. The van der Waals surface area contributed by atoms with Crippen molar-refractivity contribution >= 4 is 34.1 Å². The molecule has 1 heterocycles. The molecule has 2 nitrogen and oxygen atoms in total. The second-order valence-corrected chi connectivity index (χ2v) is 18.4. The highest BCUT2D eigenvalue weighted by atomic mass is 15.2.